The fourth-order valence-electron chi connectivity index (χ4n) is 2.27. The maximum Gasteiger partial charge on any atom is 0.0845 e. The van der Waals surface area contributed by atoms with Gasteiger partial charge < -0.3 is 5.32 Å². The highest BCUT2D eigenvalue weighted by Gasteiger charge is 2.15. The molecule has 1 aromatic carbocycles. The first kappa shape index (κ1) is 14.2. The Kier molecular flexibility index (Phi) is 4.71. The van der Waals surface area contributed by atoms with Crippen LogP contribution in [0.2, 0.25) is 0 Å². The summed E-state index contributed by atoms with van der Waals surface area (Å²) in [6.45, 7) is 5.19. The molecule has 0 aliphatic heterocycles. The summed E-state index contributed by atoms with van der Waals surface area (Å²) in [5, 5.41) is 11.7. The van der Waals surface area contributed by atoms with E-state index in [4.69, 9.17) is 0 Å². The molecule has 0 spiro atoms. The van der Waals surface area contributed by atoms with Crippen molar-refractivity contribution in [1.82, 2.24) is 20.3 Å². The number of rotatable bonds is 5. The Bertz CT molecular complexity index is 550. The lowest BCUT2D eigenvalue weighted by Gasteiger charge is -2.19. The average Bonchev–Trinajstić information content (AvgIpc) is 2.74. The lowest BCUT2D eigenvalue weighted by atomic mass is 9.97. The highest BCUT2D eigenvalue weighted by molar-refractivity contribution is 9.10. The Morgan fingerprint density at radius 1 is 1.42 bits per heavy atom. The summed E-state index contributed by atoms with van der Waals surface area (Å²) in [6, 6.07) is 6.68. The van der Waals surface area contributed by atoms with Gasteiger partial charge in [0.25, 0.3) is 0 Å². The molecule has 0 fully saturated rings. The lowest BCUT2D eigenvalue weighted by Crippen LogP contribution is -2.23. The molecule has 1 heterocycles. The van der Waals surface area contributed by atoms with Crippen LogP contribution in [0.25, 0.3) is 0 Å². The van der Waals surface area contributed by atoms with Gasteiger partial charge in [-0.3, -0.25) is 4.68 Å². The Labute approximate surface area is 122 Å². The van der Waals surface area contributed by atoms with Crippen LogP contribution in [0.4, 0.5) is 0 Å². The topological polar surface area (TPSA) is 42.7 Å². The minimum atomic E-state index is 0.273. The molecule has 0 aliphatic rings. The van der Waals surface area contributed by atoms with Gasteiger partial charge >= 0.3 is 0 Å². The van der Waals surface area contributed by atoms with Gasteiger partial charge in [0.05, 0.1) is 5.69 Å². The molecule has 1 unspecified atom stereocenters. The molecule has 0 bridgehead atoms. The van der Waals surface area contributed by atoms with Gasteiger partial charge in [0.15, 0.2) is 0 Å². The SMILES string of the molecule is CCNC(Cc1cn(C)nn1)c1ccc(Br)cc1C. The molecule has 0 amide bonds. The van der Waals surface area contributed by atoms with Crippen LogP contribution in [-0.2, 0) is 13.5 Å². The molecule has 19 heavy (non-hydrogen) atoms. The fraction of sp³-hybridized carbons (Fsp3) is 0.429. The van der Waals surface area contributed by atoms with E-state index < -0.39 is 0 Å². The smallest absolute Gasteiger partial charge is 0.0845 e. The van der Waals surface area contributed by atoms with Crippen molar-refractivity contribution in [2.24, 2.45) is 7.05 Å². The van der Waals surface area contributed by atoms with Gasteiger partial charge in [0.1, 0.15) is 0 Å². The quantitative estimate of drug-likeness (QED) is 0.920. The molecule has 1 aromatic heterocycles. The first-order valence-electron chi connectivity index (χ1n) is 6.44. The average molecular weight is 323 g/mol. The normalized spacial score (nSPS) is 12.6. The summed E-state index contributed by atoms with van der Waals surface area (Å²) in [4.78, 5) is 0. The van der Waals surface area contributed by atoms with Crippen LogP contribution in [0.15, 0.2) is 28.9 Å². The van der Waals surface area contributed by atoms with Crippen molar-refractivity contribution in [1.29, 1.82) is 0 Å². The summed E-state index contributed by atoms with van der Waals surface area (Å²) in [5.74, 6) is 0. The molecular weight excluding hydrogens is 304 g/mol. The largest absolute Gasteiger partial charge is 0.310 e. The van der Waals surface area contributed by atoms with Crippen LogP contribution in [0.5, 0.6) is 0 Å². The fourth-order valence-corrected chi connectivity index (χ4v) is 2.74. The van der Waals surface area contributed by atoms with Crippen LogP contribution >= 0.6 is 15.9 Å². The van der Waals surface area contributed by atoms with E-state index in [9.17, 15) is 0 Å². The van der Waals surface area contributed by atoms with Gasteiger partial charge in [-0.2, -0.15) is 0 Å². The number of aromatic nitrogens is 3. The molecule has 4 nitrogen and oxygen atoms in total. The van der Waals surface area contributed by atoms with Crippen LogP contribution in [0, 0.1) is 6.92 Å². The van der Waals surface area contributed by atoms with Gasteiger partial charge in [-0.25, -0.2) is 0 Å². The number of likely N-dealkylation sites (N-methyl/N-ethyl adjacent to an activating group) is 1. The zero-order valence-electron chi connectivity index (χ0n) is 11.5. The number of halogens is 1. The molecule has 1 N–H and O–H groups in total. The Hall–Kier alpha value is -1.20. The van der Waals surface area contributed by atoms with Crippen molar-refractivity contribution in [3.05, 3.63) is 45.7 Å². The Morgan fingerprint density at radius 3 is 2.79 bits per heavy atom. The number of benzene rings is 1. The highest BCUT2D eigenvalue weighted by atomic mass is 79.9. The van der Waals surface area contributed by atoms with Crippen molar-refractivity contribution in [3.63, 3.8) is 0 Å². The number of hydrogen-bond donors (Lipinski definition) is 1. The van der Waals surface area contributed by atoms with Gasteiger partial charge in [-0.05, 0) is 36.7 Å². The molecule has 102 valence electrons. The Balaban J connectivity index is 2.23. The van der Waals surface area contributed by atoms with Crippen molar-refractivity contribution in [2.45, 2.75) is 26.3 Å². The van der Waals surface area contributed by atoms with E-state index in [-0.39, 0.29) is 6.04 Å². The number of nitrogens with one attached hydrogen (secondary N) is 1. The second-order valence-electron chi connectivity index (χ2n) is 4.70. The predicted octanol–water partition coefficient (Wildman–Crippen LogP) is 2.78. The van der Waals surface area contributed by atoms with Crippen LogP contribution in [-0.4, -0.2) is 21.5 Å². The zero-order valence-corrected chi connectivity index (χ0v) is 13.1. The monoisotopic (exact) mass is 322 g/mol. The summed E-state index contributed by atoms with van der Waals surface area (Å²) in [6.07, 6.45) is 2.82. The molecule has 0 radical (unpaired) electrons. The summed E-state index contributed by atoms with van der Waals surface area (Å²) >= 11 is 3.51. The van der Waals surface area contributed by atoms with E-state index >= 15 is 0 Å². The Morgan fingerprint density at radius 2 is 2.21 bits per heavy atom. The molecular formula is C14H19BrN4. The van der Waals surface area contributed by atoms with Gasteiger partial charge in [-0.15, -0.1) is 5.10 Å². The number of nitrogens with zero attached hydrogens (tertiary/aromatic N) is 3. The van der Waals surface area contributed by atoms with E-state index in [1.165, 1.54) is 11.1 Å². The van der Waals surface area contributed by atoms with Crippen molar-refractivity contribution < 1.29 is 0 Å². The molecule has 2 rings (SSSR count). The van der Waals surface area contributed by atoms with Crippen LogP contribution < -0.4 is 5.32 Å². The van der Waals surface area contributed by atoms with E-state index in [1.54, 1.807) is 4.68 Å². The lowest BCUT2D eigenvalue weighted by molar-refractivity contribution is 0.541. The summed E-state index contributed by atoms with van der Waals surface area (Å²) in [7, 11) is 1.89. The second-order valence-corrected chi connectivity index (χ2v) is 5.61. The van der Waals surface area contributed by atoms with Crippen molar-refractivity contribution in [3.8, 4) is 0 Å². The second kappa shape index (κ2) is 6.30. The molecule has 0 aliphatic carbocycles. The minimum Gasteiger partial charge on any atom is -0.310 e. The van der Waals surface area contributed by atoms with Crippen molar-refractivity contribution in [2.75, 3.05) is 6.54 Å². The molecule has 0 saturated carbocycles. The van der Waals surface area contributed by atoms with E-state index in [2.05, 4.69) is 63.6 Å². The third kappa shape index (κ3) is 3.64. The molecule has 2 aromatic rings. The van der Waals surface area contributed by atoms with Crippen LogP contribution in [0.3, 0.4) is 0 Å². The van der Waals surface area contributed by atoms with Crippen molar-refractivity contribution >= 4 is 15.9 Å². The third-order valence-corrected chi connectivity index (χ3v) is 3.61. The van der Waals surface area contributed by atoms with E-state index in [1.807, 2.05) is 13.2 Å². The summed E-state index contributed by atoms with van der Waals surface area (Å²) in [5.41, 5.74) is 3.61. The van der Waals surface area contributed by atoms with Gasteiger partial charge in [0, 0.05) is 30.2 Å². The first-order valence-corrected chi connectivity index (χ1v) is 7.24. The highest BCUT2D eigenvalue weighted by Crippen LogP contribution is 2.24. The van der Waals surface area contributed by atoms with Gasteiger partial charge in [0.2, 0.25) is 0 Å². The van der Waals surface area contributed by atoms with E-state index in [0.29, 0.717) is 0 Å². The predicted molar refractivity (Wildman–Crippen MR) is 80.0 cm³/mol. The van der Waals surface area contributed by atoms with Gasteiger partial charge in [-0.1, -0.05) is 34.1 Å². The molecule has 1 atom stereocenters. The first-order chi connectivity index (χ1) is 9.10. The summed E-state index contributed by atoms with van der Waals surface area (Å²) < 4.78 is 2.86. The van der Waals surface area contributed by atoms with E-state index in [0.717, 1.165) is 23.1 Å². The third-order valence-electron chi connectivity index (χ3n) is 3.12. The minimum absolute atomic E-state index is 0.273. The standard InChI is InChI=1S/C14H19BrN4/c1-4-16-14(8-12-9-19(3)18-17-12)13-6-5-11(15)7-10(13)2/h5-7,9,14,16H,4,8H2,1-3H3. The maximum atomic E-state index is 4.17. The molecule has 0 saturated heterocycles. The van der Waals surface area contributed by atoms with Crippen LogP contribution in [0.1, 0.15) is 29.8 Å². The molecule has 5 heteroatoms. The zero-order chi connectivity index (χ0) is 13.8. The maximum absolute atomic E-state index is 4.17. The number of aryl methyl sites for hydroxylation is 2. The number of hydrogen-bond acceptors (Lipinski definition) is 3.